The fourth-order valence-corrected chi connectivity index (χ4v) is 6.88. The van der Waals surface area contributed by atoms with Gasteiger partial charge in [0.1, 0.15) is 11.5 Å². The average Bonchev–Trinajstić information content (AvgIpc) is 3.89. The predicted octanol–water partition coefficient (Wildman–Crippen LogP) is 9.91. The van der Waals surface area contributed by atoms with Gasteiger partial charge in [0, 0.05) is 58.0 Å². The molecule has 0 atom stereocenters. The quantitative estimate of drug-likeness (QED) is 0.157. The summed E-state index contributed by atoms with van der Waals surface area (Å²) in [4.78, 5) is 9.67. The zero-order valence-electron chi connectivity index (χ0n) is 26.9. The van der Waals surface area contributed by atoms with E-state index >= 15 is 0 Å². The fraction of sp³-hybridized carbons (Fsp3) is 0. The number of hydrogen-bond acceptors (Lipinski definition) is 4. The number of fused-ring (bicyclic) bond motifs is 6. The third kappa shape index (κ3) is 5.22. The first kappa shape index (κ1) is 30.7. The average molecular weight is 838 g/mol. The second kappa shape index (κ2) is 12.5. The second-order valence-electron chi connectivity index (χ2n) is 12.1. The smallest absolute Gasteiger partial charge is 0.509 e. The molecule has 0 aliphatic rings. The molecular formula is C43H26N6OPt+2. The summed E-state index contributed by atoms with van der Waals surface area (Å²) in [6.07, 6.45) is 7.55. The maximum Gasteiger partial charge on any atom is 4.00 e. The van der Waals surface area contributed by atoms with Gasteiger partial charge in [0.2, 0.25) is 0 Å². The van der Waals surface area contributed by atoms with Crippen molar-refractivity contribution in [3.63, 3.8) is 0 Å². The SMILES string of the molecule is [Pt+4].[c-]1c(Oc2[c-]c3c(cc2)c2ccccc2n3-c2cc(-n3c4ccccc4c4cccnc43)ccn2)cccc1-n1cc(-c2ccccc2)cn1. The van der Waals surface area contributed by atoms with E-state index in [1.807, 2.05) is 84.1 Å². The Kier molecular flexibility index (Phi) is 7.56. The first-order valence-electron chi connectivity index (χ1n) is 16.4. The molecule has 7 nitrogen and oxygen atoms in total. The molecule has 0 aliphatic carbocycles. The number of para-hydroxylation sites is 2. The van der Waals surface area contributed by atoms with Crippen molar-refractivity contribution in [2.45, 2.75) is 0 Å². The van der Waals surface area contributed by atoms with Crippen molar-refractivity contribution < 1.29 is 25.8 Å². The normalized spacial score (nSPS) is 11.4. The van der Waals surface area contributed by atoms with E-state index in [1.165, 1.54) is 0 Å². The molecule has 10 aromatic rings. The molecule has 5 heterocycles. The number of hydrogen-bond donors (Lipinski definition) is 0. The number of nitrogens with zero attached hydrogens (tertiary/aromatic N) is 6. The van der Waals surface area contributed by atoms with E-state index < -0.39 is 0 Å². The number of ether oxygens (including phenoxy) is 1. The Morgan fingerprint density at radius 2 is 1.29 bits per heavy atom. The van der Waals surface area contributed by atoms with Gasteiger partial charge in [0.25, 0.3) is 0 Å². The molecule has 0 aliphatic heterocycles. The number of aromatic nitrogens is 6. The van der Waals surface area contributed by atoms with Crippen LogP contribution in [0.2, 0.25) is 0 Å². The van der Waals surface area contributed by atoms with Crippen LogP contribution in [0.5, 0.6) is 11.5 Å². The number of benzene rings is 5. The molecule has 5 aromatic heterocycles. The summed E-state index contributed by atoms with van der Waals surface area (Å²) in [5.74, 6) is 1.91. The van der Waals surface area contributed by atoms with Crippen molar-refractivity contribution in [2.75, 3.05) is 0 Å². The Morgan fingerprint density at radius 3 is 2.16 bits per heavy atom. The zero-order chi connectivity index (χ0) is 33.0. The van der Waals surface area contributed by atoms with Gasteiger partial charge in [0.05, 0.1) is 17.4 Å². The van der Waals surface area contributed by atoms with Gasteiger partial charge in [-0.2, -0.15) is 17.2 Å². The van der Waals surface area contributed by atoms with Crippen LogP contribution in [0, 0.1) is 12.1 Å². The summed E-state index contributed by atoms with van der Waals surface area (Å²) < 4.78 is 12.6. The fourth-order valence-electron chi connectivity index (χ4n) is 6.88. The third-order valence-corrected chi connectivity index (χ3v) is 9.12. The van der Waals surface area contributed by atoms with E-state index in [1.54, 1.807) is 0 Å². The van der Waals surface area contributed by atoms with Crippen molar-refractivity contribution in [3.05, 3.63) is 170 Å². The van der Waals surface area contributed by atoms with Gasteiger partial charge in [0.15, 0.2) is 0 Å². The predicted molar refractivity (Wildman–Crippen MR) is 197 cm³/mol. The Labute approximate surface area is 307 Å². The standard InChI is InChI=1S/C43H26N6O.Pt/c1-2-10-29(11-3-1)30-27-46-47(28-30)31-12-8-13-33(24-31)50-34-19-20-37-35-14-4-7-18-40(35)49(41(37)26-34)42-25-32(21-23-44-42)48-39-17-6-5-15-36(39)38-16-9-22-45-43(38)48;/h1-23,25,27-28H;/q-2;+4. The molecule has 0 saturated carbocycles. The Bertz CT molecular complexity index is 2820. The molecule has 242 valence electrons. The second-order valence-corrected chi connectivity index (χ2v) is 12.1. The van der Waals surface area contributed by atoms with Crippen molar-refractivity contribution in [3.8, 4) is 39.8 Å². The minimum absolute atomic E-state index is 0. The van der Waals surface area contributed by atoms with Crippen LogP contribution in [-0.2, 0) is 21.1 Å². The van der Waals surface area contributed by atoms with E-state index in [4.69, 9.17) is 14.7 Å². The summed E-state index contributed by atoms with van der Waals surface area (Å²) in [7, 11) is 0. The van der Waals surface area contributed by atoms with Crippen molar-refractivity contribution in [2.24, 2.45) is 0 Å². The molecule has 0 N–H and O–H groups in total. The van der Waals surface area contributed by atoms with Crippen LogP contribution >= 0.6 is 0 Å². The van der Waals surface area contributed by atoms with Crippen LogP contribution in [0.25, 0.3) is 72.1 Å². The Hall–Kier alpha value is -6.30. The molecule has 5 aromatic carbocycles. The summed E-state index contributed by atoms with van der Waals surface area (Å²) in [6.45, 7) is 0. The van der Waals surface area contributed by atoms with E-state index in [0.29, 0.717) is 11.5 Å². The van der Waals surface area contributed by atoms with Gasteiger partial charge >= 0.3 is 21.1 Å². The van der Waals surface area contributed by atoms with Gasteiger partial charge in [-0.3, -0.25) is 9.25 Å². The zero-order valence-corrected chi connectivity index (χ0v) is 29.2. The first-order chi connectivity index (χ1) is 24.8. The monoisotopic (exact) mass is 837 g/mol. The summed E-state index contributed by atoms with van der Waals surface area (Å²) in [6, 6.07) is 52.0. The maximum atomic E-state index is 6.41. The number of rotatable bonds is 6. The summed E-state index contributed by atoms with van der Waals surface area (Å²) >= 11 is 0. The topological polar surface area (TPSA) is 62.7 Å². The third-order valence-electron chi connectivity index (χ3n) is 9.12. The maximum absolute atomic E-state index is 6.41. The van der Waals surface area contributed by atoms with E-state index in [0.717, 1.165) is 72.1 Å². The molecule has 0 fully saturated rings. The summed E-state index contributed by atoms with van der Waals surface area (Å²) in [5.41, 5.74) is 7.78. The Balaban J connectivity index is 0.00000348. The van der Waals surface area contributed by atoms with Gasteiger partial charge in [-0.25, -0.2) is 9.97 Å². The first-order valence-corrected chi connectivity index (χ1v) is 16.4. The summed E-state index contributed by atoms with van der Waals surface area (Å²) in [5, 5.41) is 9.02. The van der Waals surface area contributed by atoms with Crippen molar-refractivity contribution >= 4 is 43.7 Å². The van der Waals surface area contributed by atoms with Gasteiger partial charge in [-0.05, 0) is 47.0 Å². The molecule has 51 heavy (non-hydrogen) atoms. The van der Waals surface area contributed by atoms with Crippen LogP contribution in [-0.4, -0.2) is 28.9 Å². The van der Waals surface area contributed by atoms with Crippen LogP contribution in [0.15, 0.2) is 158 Å². The van der Waals surface area contributed by atoms with Crippen LogP contribution < -0.4 is 4.74 Å². The molecule has 0 spiro atoms. The van der Waals surface area contributed by atoms with Crippen LogP contribution in [0.4, 0.5) is 0 Å². The van der Waals surface area contributed by atoms with Crippen molar-refractivity contribution in [1.82, 2.24) is 28.9 Å². The molecule has 10 rings (SSSR count). The number of pyridine rings is 2. The molecular weight excluding hydrogens is 812 g/mol. The van der Waals surface area contributed by atoms with Crippen molar-refractivity contribution in [1.29, 1.82) is 0 Å². The molecule has 0 radical (unpaired) electrons. The van der Waals surface area contributed by atoms with Crippen LogP contribution in [0.3, 0.4) is 0 Å². The van der Waals surface area contributed by atoms with Gasteiger partial charge < -0.3 is 9.30 Å². The minimum Gasteiger partial charge on any atom is -0.509 e. The van der Waals surface area contributed by atoms with E-state index in [9.17, 15) is 0 Å². The Morgan fingerprint density at radius 1 is 0.549 bits per heavy atom. The van der Waals surface area contributed by atoms with Crippen LogP contribution in [0.1, 0.15) is 0 Å². The van der Waals surface area contributed by atoms with Gasteiger partial charge in [-0.15, -0.1) is 35.7 Å². The largest absolute Gasteiger partial charge is 4.00 e. The molecule has 0 unspecified atom stereocenters. The molecule has 0 bridgehead atoms. The molecule has 0 amide bonds. The molecule has 0 saturated heterocycles. The van der Waals surface area contributed by atoms with E-state index in [-0.39, 0.29) is 21.1 Å². The van der Waals surface area contributed by atoms with E-state index in [2.05, 4.69) is 105 Å². The minimum atomic E-state index is 0. The molecule has 8 heteroatoms. The van der Waals surface area contributed by atoms with Gasteiger partial charge in [-0.1, -0.05) is 72.2 Å².